The number of ether oxygens (including phenoxy) is 1. The molecule has 1 atom stereocenters. The van der Waals surface area contributed by atoms with Crippen LogP contribution in [0.4, 0.5) is 5.82 Å². The molecule has 1 unspecified atom stereocenters. The number of aromatic nitrogens is 2. The Balaban J connectivity index is 0.00000174. The number of unbranched alkanes of at least 4 members (excludes halogenated alkanes) is 1. The molecule has 0 fully saturated rings. The van der Waals surface area contributed by atoms with Crippen LogP contribution in [0.5, 0.6) is 0 Å². The van der Waals surface area contributed by atoms with E-state index in [1.54, 1.807) is 18.5 Å². The zero-order valence-electron chi connectivity index (χ0n) is 22.9. The van der Waals surface area contributed by atoms with Crippen molar-refractivity contribution in [3.05, 3.63) is 60.1 Å². The quantitative estimate of drug-likeness (QED) is 0.352. The van der Waals surface area contributed by atoms with Gasteiger partial charge in [-0.1, -0.05) is 72.6 Å². The number of nitrogens with one attached hydrogen (secondary N) is 1. The van der Waals surface area contributed by atoms with Crippen LogP contribution in [-0.2, 0) is 9.53 Å². The molecule has 0 aromatic carbocycles. The van der Waals surface area contributed by atoms with Crippen molar-refractivity contribution in [1.82, 2.24) is 9.97 Å². The number of amides is 1. The Labute approximate surface area is 212 Å². The number of rotatable bonds is 10. The maximum absolute atomic E-state index is 11.7. The second-order valence-electron chi connectivity index (χ2n) is 7.88. The number of carbonyl (C=O) groups is 1. The van der Waals surface area contributed by atoms with Gasteiger partial charge in [-0.25, -0.2) is 4.98 Å². The van der Waals surface area contributed by atoms with Gasteiger partial charge in [0.25, 0.3) is 5.91 Å². The number of carbonyl (C=O) groups excluding carboxylic acids is 1. The zero-order valence-corrected chi connectivity index (χ0v) is 22.9. The summed E-state index contributed by atoms with van der Waals surface area (Å²) in [4.78, 5) is 20.5. The fourth-order valence-electron chi connectivity index (χ4n) is 3.05. The standard InChI is InChI=1S/C23H29N3O3.C4H10.C2H6/c1-6-8-21(27)16(4)9-15(3)19(7-2)20-10-17-13-25-22(11-18(17)12-24-20)26-23(28)14-29-5;1-3-4-2;1-2/h7,9-13,21,27H,4,6,8,14H2,1-3,5H3,(H,25,26,28);3-4H2,1-2H3;1-2H3/b15-9-,19-7+;;. The highest BCUT2D eigenvalue weighted by atomic mass is 16.5. The van der Waals surface area contributed by atoms with Crippen LogP contribution < -0.4 is 5.32 Å². The Morgan fingerprint density at radius 1 is 1.11 bits per heavy atom. The van der Waals surface area contributed by atoms with E-state index < -0.39 is 6.10 Å². The summed E-state index contributed by atoms with van der Waals surface area (Å²) in [5.41, 5.74) is 3.46. The average molecular weight is 484 g/mol. The van der Waals surface area contributed by atoms with E-state index in [0.29, 0.717) is 17.8 Å². The monoisotopic (exact) mass is 483 g/mol. The lowest BCUT2D eigenvalue weighted by Gasteiger charge is -2.13. The molecule has 0 aliphatic rings. The van der Waals surface area contributed by atoms with Crippen LogP contribution in [-0.4, -0.2) is 40.8 Å². The maximum atomic E-state index is 11.7. The van der Waals surface area contributed by atoms with E-state index in [-0.39, 0.29) is 12.5 Å². The van der Waals surface area contributed by atoms with Gasteiger partial charge >= 0.3 is 0 Å². The predicted molar refractivity (Wildman–Crippen MR) is 149 cm³/mol. The molecule has 0 spiro atoms. The Morgan fingerprint density at radius 2 is 1.71 bits per heavy atom. The van der Waals surface area contributed by atoms with E-state index in [4.69, 9.17) is 4.74 Å². The fourth-order valence-corrected chi connectivity index (χ4v) is 3.05. The first-order chi connectivity index (χ1) is 16.8. The third-order valence-corrected chi connectivity index (χ3v) is 5.03. The third kappa shape index (κ3) is 11.4. The summed E-state index contributed by atoms with van der Waals surface area (Å²) in [5.74, 6) is 0.198. The van der Waals surface area contributed by atoms with Gasteiger partial charge in [-0.3, -0.25) is 9.78 Å². The Hall–Kier alpha value is -2.83. The number of methoxy groups -OCH3 is 1. The SMILES string of the molecule is C=C(/C=C(C)\C(=C/C)c1cc2cnc(NC(=O)COC)cc2cn1)C(O)CCC.CC.CCCC. The van der Waals surface area contributed by atoms with Crippen molar-refractivity contribution < 1.29 is 14.6 Å². The molecule has 2 heterocycles. The molecular weight excluding hydrogens is 438 g/mol. The molecule has 2 rings (SSSR count). The van der Waals surface area contributed by atoms with Gasteiger partial charge in [0.05, 0.1) is 11.8 Å². The number of hydrogen-bond acceptors (Lipinski definition) is 5. The Bertz CT molecular complexity index is 978. The van der Waals surface area contributed by atoms with Crippen LogP contribution in [0.25, 0.3) is 16.3 Å². The highest BCUT2D eigenvalue weighted by molar-refractivity contribution is 5.94. The molecule has 6 nitrogen and oxygen atoms in total. The summed E-state index contributed by atoms with van der Waals surface area (Å²) < 4.78 is 4.81. The smallest absolute Gasteiger partial charge is 0.251 e. The molecule has 0 radical (unpaired) electrons. The normalized spacial score (nSPS) is 12.1. The number of nitrogens with zero attached hydrogens (tertiary/aromatic N) is 2. The number of aliphatic hydroxyl groups excluding tert-OH is 1. The third-order valence-electron chi connectivity index (χ3n) is 5.03. The molecule has 6 heteroatoms. The molecule has 194 valence electrons. The first-order valence-corrected chi connectivity index (χ1v) is 12.6. The minimum absolute atomic E-state index is 0.0224. The Morgan fingerprint density at radius 3 is 2.26 bits per heavy atom. The number of fused-ring (bicyclic) bond motifs is 1. The topological polar surface area (TPSA) is 84.3 Å². The molecular formula is C29H45N3O3. The maximum Gasteiger partial charge on any atom is 0.251 e. The van der Waals surface area contributed by atoms with Gasteiger partial charge in [0.1, 0.15) is 12.4 Å². The van der Waals surface area contributed by atoms with Crippen LogP contribution in [0.3, 0.4) is 0 Å². The Kier molecular flexibility index (Phi) is 17.0. The van der Waals surface area contributed by atoms with Crippen LogP contribution in [0, 0.1) is 0 Å². The summed E-state index contributed by atoms with van der Waals surface area (Å²) in [5, 5.41) is 14.6. The molecule has 1 amide bonds. The highest BCUT2D eigenvalue weighted by Crippen LogP contribution is 2.26. The van der Waals surface area contributed by atoms with Crippen LogP contribution in [0.2, 0.25) is 0 Å². The van der Waals surface area contributed by atoms with Crippen molar-refractivity contribution in [2.24, 2.45) is 0 Å². The number of anilines is 1. The van der Waals surface area contributed by atoms with E-state index in [2.05, 4.69) is 35.7 Å². The van der Waals surface area contributed by atoms with Gasteiger partial charge in [0.15, 0.2) is 0 Å². The number of allylic oxidation sites excluding steroid dienone is 3. The van der Waals surface area contributed by atoms with E-state index in [1.807, 2.05) is 52.8 Å². The van der Waals surface area contributed by atoms with Gasteiger partial charge in [0.2, 0.25) is 0 Å². The van der Waals surface area contributed by atoms with Crippen LogP contribution >= 0.6 is 0 Å². The van der Waals surface area contributed by atoms with E-state index in [0.717, 1.165) is 34.0 Å². The van der Waals surface area contributed by atoms with Crippen LogP contribution in [0.15, 0.2) is 54.4 Å². The van der Waals surface area contributed by atoms with E-state index in [9.17, 15) is 9.90 Å². The highest BCUT2D eigenvalue weighted by Gasteiger charge is 2.11. The summed E-state index contributed by atoms with van der Waals surface area (Å²) in [7, 11) is 1.47. The molecule has 0 aliphatic heterocycles. The summed E-state index contributed by atoms with van der Waals surface area (Å²) in [6.07, 6.45) is 11.1. The molecule has 35 heavy (non-hydrogen) atoms. The van der Waals surface area contributed by atoms with Crippen molar-refractivity contribution in [2.75, 3.05) is 19.0 Å². The van der Waals surface area contributed by atoms with E-state index in [1.165, 1.54) is 20.0 Å². The van der Waals surface area contributed by atoms with Gasteiger partial charge in [0, 0.05) is 30.3 Å². The molecule has 0 aliphatic carbocycles. The number of hydrogen-bond donors (Lipinski definition) is 2. The molecule has 2 aromatic rings. The molecule has 0 bridgehead atoms. The van der Waals surface area contributed by atoms with Crippen molar-refractivity contribution in [1.29, 1.82) is 0 Å². The van der Waals surface area contributed by atoms with Crippen molar-refractivity contribution in [3.8, 4) is 0 Å². The van der Waals surface area contributed by atoms with Crippen molar-refractivity contribution >= 4 is 28.1 Å². The predicted octanol–water partition coefficient (Wildman–Crippen LogP) is 7.11. The minimum Gasteiger partial charge on any atom is -0.388 e. The zero-order chi connectivity index (χ0) is 26.8. The van der Waals surface area contributed by atoms with Crippen LogP contribution in [0.1, 0.15) is 79.8 Å². The summed E-state index contributed by atoms with van der Waals surface area (Å²) >= 11 is 0. The second-order valence-corrected chi connectivity index (χ2v) is 7.88. The minimum atomic E-state index is -0.534. The number of aliphatic hydroxyl groups is 1. The molecule has 0 saturated heterocycles. The van der Waals surface area contributed by atoms with Crippen molar-refractivity contribution in [2.45, 2.75) is 80.3 Å². The van der Waals surface area contributed by atoms with Crippen molar-refractivity contribution in [3.63, 3.8) is 0 Å². The summed E-state index contributed by atoms with van der Waals surface area (Å²) in [6, 6.07) is 3.74. The molecule has 2 aromatic heterocycles. The molecule has 0 saturated carbocycles. The van der Waals surface area contributed by atoms with Gasteiger partial charge in [-0.15, -0.1) is 0 Å². The van der Waals surface area contributed by atoms with E-state index >= 15 is 0 Å². The largest absolute Gasteiger partial charge is 0.388 e. The lowest BCUT2D eigenvalue weighted by molar-refractivity contribution is -0.119. The lowest BCUT2D eigenvalue weighted by Crippen LogP contribution is -2.17. The van der Waals surface area contributed by atoms with Gasteiger partial charge in [-0.05, 0) is 49.1 Å². The lowest BCUT2D eigenvalue weighted by atomic mass is 9.97. The second kappa shape index (κ2) is 18.5. The van der Waals surface area contributed by atoms with Gasteiger partial charge in [-0.2, -0.15) is 0 Å². The van der Waals surface area contributed by atoms with Gasteiger partial charge < -0.3 is 15.2 Å². The number of pyridine rings is 2. The average Bonchev–Trinajstić information content (AvgIpc) is 2.86. The fraction of sp³-hybridized carbons (Fsp3) is 0.483. The molecule has 2 N–H and O–H groups in total. The summed E-state index contributed by atoms with van der Waals surface area (Å²) in [6.45, 7) is 18.3. The first-order valence-electron chi connectivity index (χ1n) is 12.6. The first kappa shape index (κ1) is 32.2.